The second-order valence-electron chi connectivity index (χ2n) is 4.10. The van der Waals surface area contributed by atoms with Gasteiger partial charge in [0.1, 0.15) is 5.69 Å². The third-order valence-electron chi connectivity index (χ3n) is 2.68. The van der Waals surface area contributed by atoms with E-state index < -0.39 is 4.92 Å². The highest BCUT2D eigenvalue weighted by Gasteiger charge is 2.15. The van der Waals surface area contributed by atoms with E-state index in [4.69, 9.17) is 5.84 Å². The van der Waals surface area contributed by atoms with Crippen molar-refractivity contribution in [3.8, 4) is 0 Å². The lowest BCUT2D eigenvalue weighted by Gasteiger charge is -2.07. The number of nitrogens with two attached hydrogens (primary N) is 1. The van der Waals surface area contributed by atoms with Crippen LogP contribution in [0.1, 0.15) is 36.5 Å². The molecule has 1 aromatic carbocycles. The van der Waals surface area contributed by atoms with Crippen molar-refractivity contribution < 1.29 is 9.72 Å². The maximum Gasteiger partial charge on any atom is 0.293 e. The van der Waals surface area contributed by atoms with Crippen LogP contribution in [0.3, 0.4) is 0 Å². The van der Waals surface area contributed by atoms with Gasteiger partial charge in [-0.05, 0) is 18.6 Å². The number of benzene rings is 1. The van der Waals surface area contributed by atoms with E-state index >= 15 is 0 Å². The van der Waals surface area contributed by atoms with Crippen LogP contribution in [0.4, 0.5) is 11.4 Å². The summed E-state index contributed by atoms with van der Waals surface area (Å²) in [5.74, 6) is 4.95. The molecule has 104 valence electrons. The largest absolute Gasteiger partial charge is 0.352 e. The number of anilines is 1. The number of hydrogen-bond acceptors (Lipinski definition) is 5. The maximum atomic E-state index is 11.8. The molecule has 0 radical (unpaired) electrons. The van der Waals surface area contributed by atoms with Crippen molar-refractivity contribution in [2.24, 2.45) is 5.84 Å². The summed E-state index contributed by atoms with van der Waals surface area (Å²) >= 11 is 0. The summed E-state index contributed by atoms with van der Waals surface area (Å²) in [5, 5.41) is 13.5. The summed E-state index contributed by atoms with van der Waals surface area (Å²) in [4.78, 5) is 22.0. The topological polar surface area (TPSA) is 110 Å². The van der Waals surface area contributed by atoms with Crippen LogP contribution in [0.2, 0.25) is 0 Å². The molecule has 0 saturated heterocycles. The van der Waals surface area contributed by atoms with Crippen molar-refractivity contribution in [2.75, 3.05) is 12.0 Å². The number of unbranched alkanes of at least 4 members (excludes halogenated alkanes) is 2. The molecule has 0 bridgehead atoms. The van der Waals surface area contributed by atoms with E-state index in [1.807, 2.05) is 0 Å². The average Bonchev–Trinajstić information content (AvgIpc) is 2.42. The van der Waals surface area contributed by atoms with Gasteiger partial charge in [-0.15, -0.1) is 0 Å². The Kier molecular flexibility index (Phi) is 5.74. The molecule has 0 atom stereocenters. The molecule has 4 N–H and O–H groups in total. The molecule has 0 fully saturated rings. The van der Waals surface area contributed by atoms with E-state index in [0.717, 1.165) is 19.3 Å². The fourth-order valence-corrected chi connectivity index (χ4v) is 1.63. The van der Waals surface area contributed by atoms with Crippen molar-refractivity contribution in [1.82, 2.24) is 5.32 Å². The van der Waals surface area contributed by atoms with E-state index in [1.165, 1.54) is 18.2 Å². The monoisotopic (exact) mass is 266 g/mol. The third-order valence-corrected chi connectivity index (χ3v) is 2.68. The SMILES string of the molecule is CCCCCNC(=O)c1ccc([N+](=O)[O-])c(NN)c1. The highest BCUT2D eigenvalue weighted by Crippen LogP contribution is 2.24. The van der Waals surface area contributed by atoms with Gasteiger partial charge in [0.25, 0.3) is 11.6 Å². The van der Waals surface area contributed by atoms with Gasteiger partial charge < -0.3 is 10.7 Å². The zero-order valence-corrected chi connectivity index (χ0v) is 10.8. The molecule has 0 aliphatic rings. The number of hydrogen-bond donors (Lipinski definition) is 3. The highest BCUT2D eigenvalue weighted by atomic mass is 16.6. The van der Waals surface area contributed by atoms with Gasteiger partial charge in [-0.25, -0.2) is 0 Å². The fraction of sp³-hybridized carbons (Fsp3) is 0.417. The molecule has 0 aliphatic heterocycles. The second-order valence-corrected chi connectivity index (χ2v) is 4.10. The summed E-state index contributed by atoms with van der Waals surface area (Å²) in [6.45, 7) is 2.67. The first-order valence-corrected chi connectivity index (χ1v) is 6.13. The van der Waals surface area contributed by atoms with Gasteiger partial charge in [0.2, 0.25) is 0 Å². The maximum absolute atomic E-state index is 11.8. The lowest BCUT2D eigenvalue weighted by Crippen LogP contribution is -2.24. The van der Waals surface area contributed by atoms with Crippen molar-refractivity contribution in [1.29, 1.82) is 0 Å². The lowest BCUT2D eigenvalue weighted by atomic mass is 10.1. The molecule has 0 aromatic heterocycles. The summed E-state index contributed by atoms with van der Waals surface area (Å²) in [5.41, 5.74) is 2.52. The Morgan fingerprint density at radius 3 is 2.74 bits per heavy atom. The summed E-state index contributed by atoms with van der Waals surface area (Å²) in [6, 6.07) is 4.04. The number of nitro groups is 1. The molecule has 7 nitrogen and oxygen atoms in total. The smallest absolute Gasteiger partial charge is 0.293 e. The Labute approximate surface area is 111 Å². The number of carbonyl (C=O) groups excluding carboxylic acids is 1. The van der Waals surface area contributed by atoms with E-state index in [1.54, 1.807) is 0 Å². The number of nitrogen functional groups attached to an aromatic ring is 1. The number of hydrazine groups is 1. The molecule has 1 rings (SSSR count). The minimum Gasteiger partial charge on any atom is -0.352 e. The number of nitro benzene ring substituents is 1. The van der Waals surface area contributed by atoms with E-state index in [2.05, 4.69) is 17.7 Å². The van der Waals surface area contributed by atoms with Crippen molar-refractivity contribution in [2.45, 2.75) is 26.2 Å². The highest BCUT2D eigenvalue weighted by molar-refractivity contribution is 5.95. The fourth-order valence-electron chi connectivity index (χ4n) is 1.63. The van der Waals surface area contributed by atoms with Crippen LogP contribution in [0.15, 0.2) is 18.2 Å². The first-order chi connectivity index (χ1) is 9.10. The molecular formula is C12H18N4O3. The van der Waals surface area contributed by atoms with E-state index in [9.17, 15) is 14.9 Å². The van der Waals surface area contributed by atoms with Crippen LogP contribution < -0.4 is 16.6 Å². The first kappa shape index (κ1) is 14.9. The quantitative estimate of drug-likeness (QED) is 0.301. The number of nitrogens with zero attached hydrogens (tertiary/aromatic N) is 1. The number of nitrogens with one attached hydrogen (secondary N) is 2. The molecule has 19 heavy (non-hydrogen) atoms. The third kappa shape index (κ3) is 4.22. The lowest BCUT2D eigenvalue weighted by molar-refractivity contribution is -0.384. The van der Waals surface area contributed by atoms with Crippen LogP contribution in [0.5, 0.6) is 0 Å². The average molecular weight is 266 g/mol. The Hall–Kier alpha value is -2.15. The summed E-state index contributed by atoms with van der Waals surface area (Å²) in [7, 11) is 0. The van der Waals surface area contributed by atoms with Crippen LogP contribution in [0.25, 0.3) is 0 Å². The predicted octanol–water partition coefficient (Wildman–Crippen LogP) is 1.80. The minimum absolute atomic E-state index is 0.117. The Morgan fingerprint density at radius 1 is 1.42 bits per heavy atom. The van der Waals surface area contributed by atoms with Gasteiger partial charge in [0.15, 0.2) is 0 Å². The van der Waals surface area contributed by atoms with Gasteiger partial charge >= 0.3 is 0 Å². The normalized spacial score (nSPS) is 10.0. The van der Waals surface area contributed by atoms with Crippen molar-refractivity contribution in [3.05, 3.63) is 33.9 Å². The molecule has 1 aromatic rings. The van der Waals surface area contributed by atoms with E-state index in [0.29, 0.717) is 12.1 Å². The zero-order valence-electron chi connectivity index (χ0n) is 10.8. The van der Waals surface area contributed by atoms with Crippen LogP contribution in [-0.2, 0) is 0 Å². The first-order valence-electron chi connectivity index (χ1n) is 6.13. The molecule has 0 unspecified atom stereocenters. The summed E-state index contributed by atoms with van der Waals surface area (Å²) in [6.07, 6.45) is 3.04. The molecular weight excluding hydrogens is 248 g/mol. The molecule has 1 amide bonds. The Bertz CT molecular complexity index is 462. The van der Waals surface area contributed by atoms with Crippen LogP contribution in [0, 0.1) is 10.1 Å². The molecule has 7 heteroatoms. The van der Waals surface area contributed by atoms with Crippen molar-refractivity contribution in [3.63, 3.8) is 0 Å². The molecule has 0 saturated carbocycles. The molecule has 0 aliphatic carbocycles. The standard InChI is InChI=1S/C12H18N4O3/c1-2-3-4-7-14-12(17)9-5-6-11(16(18)19)10(8-9)15-13/h5-6,8,15H,2-4,7,13H2,1H3,(H,14,17). The molecule has 0 heterocycles. The second kappa shape index (κ2) is 7.32. The number of rotatable bonds is 7. The van der Waals surface area contributed by atoms with Gasteiger partial charge in [0.05, 0.1) is 4.92 Å². The number of amides is 1. The van der Waals surface area contributed by atoms with Crippen LogP contribution in [-0.4, -0.2) is 17.4 Å². The van der Waals surface area contributed by atoms with Gasteiger partial charge in [-0.1, -0.05) is 19.8 Å². The number of carbonyl (C=O) groups is 1. The minimum atomic E-state index is -0.557. The van der Waals surface area contributed by atoms with E-state index in [-0.39, 0.29) is 17.3 Å². The van der Waals surface area contributed by atoms with Crippen LogP contribution >= 0.6 is 0 Å². The Balaban J connectivity index is 2.73. The van der Waals surface area contributed by atoms with Gasteiger partial charge in [-0.3, -0.25) is 20.8 Å². The predicted molar refractivity (Wildman–Crippen MR) is 72.8 cm³/mol. The molecule has 0 spiro atoms. The van der Waals surface area contributed by atoms with Gasteiger partial charge in [0, 0.05) is 18.2 Å². The van der Waals surface area contributed by atoms with Gasteiger partial charge in [-0.2, -0.15) is 0 Å². The zero-order chi connectivity index (χ0) is 14.3. The summed E-state index contributed by atoms with van der Waals surface area (Å²) < 4.78 is 0. The Morgan fingerprint density at radius 2 is 2.16 bits per heavy atom. The van der Waals surface area contributed by atoms with Crippen molar-refractivity contribution >= 4 is 17.3 Å².